The first-order valence-electron chi connectivity index (χ1n) is 7.05. The minimum Gasteiger partial charge on any atom is -0.287 e. The van der Waals surface area contributed by atoms with E-state index in [0.717, 1.165) is 22.3 Å². The Labute approximate surface area is 123 Å². The van der Waals surface area contributed by atoms with E-state index in [1.54, 1.807) is 4.68 Å². The van der Waals surface area contributed by atoms with Crippen LogP contribution in [0, 0.1) is 13.8 Å². The standard InChI is InChI=1S/C17H17N3O/c1-4-20-16(9-12(3)19-20)17(21)14-7-8-15-13(10-14)6-5-11(2)18-15/h5-10H,4H2,1-3H3. The van der Waals surface area contributed by atoms with Gasteiger partial charge in [0.2, 0.25) is 5.78 Å². The SMILES string of the molecule is CCn1nc(C)cc1C(=O)c1ccc2nc(C)ccc2c1. The molecule has 0 unspecified atom stereocenters. The molecule has 4 heteroatoms. The minimum atomic E-state index is -0.0000694. The number of hydrogen-bond donors (Lipinski definition) is 0. The number of carbonyl (C=O) groups is 1. The molecule has 0 bridgehead atoms. The summed E-state index contributed by atoms with van der Waals surface area (Å²) in [7, 11) is 0. The van der Waals surface area contributed by atoms with Crippen LogP contribution in [0.2, 0.25) is 0 Å². The van der Waals surface area contributed by atoms with Crippen molar-refractivity contribution >= 4 is 16.7 Å². The van der Waals surface area contributed by atoms with Crippen LogP contribution in [0.3, 0.4) is 0 Å². The molecule has 2 heterocycles. The maximum absolute atomic E-state index is 12.7. The van der Waals surface area contributed by atoms with Gasteiger partial charge < -0.3 is 0 Å². The van der Waals surface area contributed by atoms with Gasteiger partial charge in [-0.05, 0) is 51.1 Å². The second-order valence-electron chi connectivity index (χ2n) is 5.18. The van der Waals surface area contributed by atoms with Crippen molar-refractivity contribution in [1.29, 1.82) is 0 Å². The summed E-state index contributed by atoms with van der Waals surface area (Å²) in [5, 5.41) is 5.31. The Bertz CT molecular complexity index is 833. The van der Waals surface area contributed by atoms with Crippen molar-refractivity contribution in [3.8, 4) is 0 Å². The lowest BCUT2D eigenvalue weighted by Gasteiger charge is -2.05. The molecule has 2 aromatic heterocycles. The van der Waals surface area contributed by atoms with Crippen LogP contribution < -0.4 is 0 Å². The van der Waals surface area contributed by atoms with Crippen molar-refractivity contribution in [2.45, 2.75) is 27.3 Å². The Kier molecular flexibility index (Phi) is 3.29. The molecule has 0 amide bonds. The molecule has 0 radical (unpaired) electrons. The summed E-state index contributed by atoms with van der Waals surface area (Å²) in [5.74, 6) is -0.0000694. The Morgan fingerprint density at radius 2 is 1.90 bits per heavy atom. The number of benzene rings is 1. The highest BCUT2D eigenvalue weighted by atomic mass is 16.1. The second kappa shape index (κ2) is 5.13. The van der Waals surface area contributed by atoms with Crippen LogP contribution in [0.15, 0.2) is 36.4 Å². The van der Waals surface area contributed by atoms with Gasteiger partial charge in [-0.2, -0.15) is 5.10 Å². The van der Waals surface area contributed by atoms with Crippen LogP contribution in [-0.4, -0.2) is 20.5 Å². The minimum absolute atomic E-state index is 0.0000694. The lowest BCUT2D eigenvalue weighted by atomic mass is 10.0. The van der Waals surface area contributed by atoms with Crippen LogP contribution in [0.25, 0.3) is 10.9 Å². The monoisotopic (exact) mass is 279 g/mol. The number of fused-ring (bicyclic) bond motifs is 1. The molecule has 0 aliphatic rings. The summed E-state index contributed by atoms with van der Waals surface area (Å²) < 4.78 is 1.75. The number of aryl methyl sites for hydroxylation is 3. The van der Waals surface area contributed by atoms with E-state index in [0.29, 0.717) is 17.8 Å². The highest BCUT2D eigenvalue weighted by Gasteiger charge is 2.15. The van der Waals surface area contributed by atoms with Gasteiger partial charge in [0.1, 0.15) is 5.69 Å². The predicted molar refractivity (Wildman–Crippen MR) is 82.6 cm³/mol. The molecule has 106 valence electrons. The van der Waals surface area contributed by atoms with E-state index >= 15 is 0 Å². The topological polar surface area (TPSA) is 47.8 Å². The molecule has 0 fully saturated rings. The summed E-state index contributed by atoms with van der Waals surface area (Å²) >= 11 is 0. The zero-order chi connectivity index (χ0) is 15.0. The van der Waals surface area contributed by atoms with Gasteiger partial charge in [0.15, 0.2) is 0 Å². The average molecular weight is 279 g/mol. The van der Waals surface area contributed by atoms with Gasteiger partial charge in [-0.15, -0.1) is 0 Å². The lowest BCUT2D eigenvalue weighted by molar-refractivity contribution is 0.102. The number of pyridine rings is 1. The van der Waals surface area contributed by atoms with E-state index in [-0.39, 0.29) is 5.78 Å². The quantitative estimate of drug-likeness (QED) is 0.691. The van der Waals surface area contributed by atoms with Crippen molar-refractivity contribution in [3.05, 3.63) is 59.0 Å². The number of aromatic nitrogens is 3. The summed E-state index contributed by atoms with van der Waals surface area (Å²) in [5.41, 5.74) is 4.04. The van der Waals surface area contributed by atoms with Crippen molar-refractivity contribution < 1.29 is 4.79 Å². The number of carbonyl (C=O) groups excluding carboxylic acids is 1. The summed E-state index contributed by atoms with van der Waals surface area (Å²) in [6.07, 6.45) is 0. The molecule has 0 N–H and O–H groups in total. The van der Waals surface area contributed by atoms with Crippen LogP contribution >= 0.6 is 0 Å². The van der Waals surface area contributed by atoms with Gasteiger partial charge in [0.25, 0.3) is 0 Å². The Morgan fingerprint density at radius 3 is 2.67 bits per heavy atom. The van der Waals surface area contributed by atoms with Crippen LogP contribution in [0.1, 0.15) is 34.4 Å². The van der Waals surface area contributed by atoms with Crippen LogP contribution in [-0.2, 0) is 6.54 Å². The Morgan fingerprint density at radius 1 is 1.10 bits per heavy atom. The summed E-state index contributed by atoms with van der Waals surface area (Å²) in [6, 6.07) is 11.4. The van der Waals surface area contributed by atoms with E-state index in [2.05, 4.69) is 10.1 Å². The van der Waals surface area contributed by atoms with E-state index in [4.69, 9.17) is 0 Å². The molecular formula is C17H17N3O. The Hall–Kier alpha value is -2.49. The van der Waals surface area contributed by atoms with Gasteiger partial charge in [-0.3, -0.25) is 14.5 Å². The lowest BCUT2D eigenvalue weighted by Crippen LogP contribution is -2.10. The normalized spacial score (nSPS) is 11.0. The molecule has 0 saturated carbocycles. The maximum atomic E-state index is 12.7. The summed E-state index contributed by atoms with van der Waals surface area (Å²) in [6.45, 7) is 6.52. The van der Waals surface area contributed by atoms with Gasteiger partial charge in [0.05, 0.1) is 11.2 Å². The molecule has 0 spiro atoms. The third-order valence-electron chi connectivity index (χ3n) is 3.52. The number of rotatable bonds is 3. The van der Waals surface area contributed by atoms with Crippen molar-refractivity contribution in [2.75, 3.05) is 0 Å². The molecular weight excluding hydrogens is 262 g/mol. The van der Waals surface area contributed by atoms with Crippen molar-refractivity contribution in [2.24, 2.45) is 0 Å². The molecule has 4 nitrogen and oxygen atoms in total. The molecule has 3 aromatic rings. The fraction of sp³-hybridized carbons (Fsp3) is 0.235. The van der Waals surface area contributed by atoms with E-state index < -0.39 is 0 Å². The third-order valence-corrected chi connectivity index (χ3v) is 3.52. The first-order valence-corrected chi connectivity index (χ1v) is 7.05. The van der Waals surface area contributed by atoms with Crippen molar-refractivity contribution in [3.63, 3.8) is 0 Å². The van der Waals surface area contributed by atoms with E-state index in [1.807, 2.05) is 57.2 Å². The third kappa shape index (κ3) is 2.44. The Balaban J connectivity index is 2.07. The van der Waals surface area contributed by atoms with Crippen LogP contribution in [0.5, 0.6) is 0 Å². The van der Waals surface area contributed by atoms with E-state index in [1.165, 1.54) is 0 Å². The zero-order valence-corrected chi connectivity index (χ0v) is 12.4. The molecule has 0 atom stereocenters. The van der Waals surface area contributed by atoms with Gasteiger partial charge >= 0.3 is 0 Å². The fourth-order valence-corrected chi connectivity index (χ4v) is 2.49. The molecule has 0 saturated heterocycles. The molecule has 3 rings (SSSR count). The average Bonchev–Trinajstić information content (AvgIpc) is 2.87. The van der Waals surface area contributed by atoms with Crippen LogP contribution in [0.4, 0.5) is 0 Å². The van der Waals surface area contributed by atoms with Gasteiger partial charge in [-0.25, -0.2) is 0 Å². The molecule has 0 aliphatic heterocycles. The fourth-order valence-electron chi connectivity index (χ4n) is 2.49. The van der Waals surface area contributed by atoms with E-state index in [9.17, 15) is 4.79 Å². The maximum Gasteiger partial charge on any atom is 0.211 e. The molecule has 21 heavy (non-hydrogen) atoms. The highest BCUT2D eigenvalue weighted by Crippen LogP contribution is 2.18. The zero-order valence-electron chi connectivity index (χ0n) is 12.4. The number of hydrogen-bond acceptors (Lipinski definition) is 3. The largest absolute Gasteiger partial charge is 0.287 e. The van der Waals surface area contributed by atoms with Gasteiger partial charge in [-0.1, -0.05) is 6.07 Å². The number of ketones is 1. The second-order valence-corrected chi connectivity index (χ2v) is 5.18. The predicted octanol–water partition coefficient (Wildman–Crippen LogP) is 3.30. The first kappa shape index (κ1) is 13.5. The van der Waals surface area contributed by atoms with Gasteiger partial charge in [0, 0.05) is 23.2 Å². The number of nitrogens with zero attached hydrogens (tertiary/aromatic N) is 3. The highest BCUT2D eigenvalue weighted by molar-refractivity contribution is 6.09. The molecule has 1 aromatic carbocycles. The van der Waals surface area contributed by atoms with Crippen molar-refractivity contribution in [1.82, 2.24) is 14.8 Å². The molecule has 0 aliphatic carbocycles. The smallest absolute Gasteiger partial charge is 0.211 e. The first-order chi connectivity index (χ1) is 10.1. The summed E-state index contributed by atoms with van der Waals surface area (Å²) in [4.78, 5) is 17.1.